The number of nitrogens with one attached hydrogen (secondary N) is 1. The Morgan fingerprint density at radius 2 is 2.20 bits per heavy atom. The van der Waals surface area contributed by atoms with Crippen molar-refractivity contribution in [2.45, 2.75) is 19.4 Å². The molecule has 0 aliphatic heterocycles. The van der Waals surface area contributed by atoms with E-state index in [-0.39, 0.29) is 0 Å². The molecule has 1 rings (SSSR count). The Labute approximate surface area is 92.3 Å². The van der Waals surface area contributed by atoms with Crippen molar-refractivity contribution < 1.29 is 0 Å². The van der Waals surface area contributed by atoms with Crippen LogP contribution < -0.4 is 5.32 Å². The number of rotatable bonds is 7. The average Bonchev–Trinajstić information content (AvgIpc) is 2.57. The molecular weight excluding hydrogens is 188 g/mol. The molecule has 15 heavy (non-hydrogen) atoms. The van der Waals surface area contributed by atoms with Gasteiger partial charge in [-0.25, -0.2) is 0 Å². The zero-order valence-electron chi connectivity index (χ0n) is 10.0. The van der Waals surface area contributed by atoms with Gasteiger partial charge in [-0.15, -0.1) is 0 Å². The molecule has 1 aromatic rings. The molecule has 0 spiro atoms. The van der Waals surface area contributed by atoms with E-state index < -0.39 is 0 Å². The maximum Gasteiger partial charge on any atom is 0.0518 e. The molecule has 0 aliphatic carbocycles. The maximum atomic E-state index is 4.12. The summed E-state index contributed by atoms with van der Waals surface area (Å²) in [4.78, 5) is 2.22. The summed E-state index contributed by atoms with van der Waals surface area (Å²) in [5, 5.41) is 7.55. The number of hydrogen-bond acceptors (Lipinski definition) is 3. The molecule has 86 valence electrons. The van der Waals surface area contributed by atoms with Crippen molar-refractivity contribution in [3.05, 3.63) is 18.0 Å². The summed E-state index contributed by atoms with van der Waals surface area (Å²) in [6, 6.07) is 2.05. The lowest BCUT2D eigenvalue weighted by molar-refractivity contribution is 0.391. The van der Waals surface area contributed by atoms with Crippen LogP contribution in [-0.2, 0) is 13.6 Å². The van der Waals surface area contributed by atoms with Gasteiger partial charge < -0.3 is 10.2 Å². The van der Waals surface area contributed by atoms with E-state index in [1.165, 1.54) is 25.1 Å². The van der Waals surface area contributed by atoms with Crippen LogP contribution in [0.4, 0.5) is 0 Å². The van der Waals surface area contributed by atoms with E-state index >= 15 is 0 Å². The molecule has 0 radical (unpaired) electrons. The second-order valence-electron chi connectivity index (χ2n) is 4.13. The van der Waals surface area contributed by atoms with Gasteiger partial charge in [-0.05, 0) is 46.1 Å². The SMILES string of the molecule is CN(C)CCCCNCc1ccnn1C. The summed E-state index contributed by atoms with van der Waals surface area (Å²) in [5.74, 6) is 0. The van der Waals surface area contributed by atoms with Crippen LogP contribution in [0.2, 0.25) is 0 Å². The molecule has 0 atom stereocenters. The van der Waals surface area contributed by atoms with Crippen LogP contribution in [0, 0.1) is 0 Å². The number of aromatic nitrogens is 2. The lowest BCUT2D eigenvalue weighted by Crippen LogP contribution is -2.19. The van der Waals surface area contributed by atoms with Gasteiger partial charge in [0.25, 0.3) is 0 Å². The van der Waals surface area contributed by atoms with Crippen molar-refractivity contribution in [1.29, 1.82) is 0 Å². The molecule has 4 heteroatoms. The smallest absolute Gasteiger partial charge is 0.0518 e. The quantitative estimate of drug-likeness (QED) is 0.677. The minimum absolute atomic E-state index is 0.915. The van der Waals surface area contributed by atoms with Crippen LogP contribution in [-0.4, -0.2) is 41.9 Å². The van der Waals surface area contributed by atoms with Crippen LogP contribution in [0.15, 0.2) is 12.3 Å². The summed E-state index contributed by atoms with van der Waals surface area (Å²) in [6.07, 6.45) is 4.32. The third-order valence-electron chi connectivity index (χ3n) is 2.44. The number of nitrogens with zero attached hydrogens (tertiary/aromatic N) is 3. The van der Waals surface area contributed by atoms with Gasteiger partial charge >= 0.3 is 0 Å². The van der Waals surface area contributed by atoms with Gasteiger partial charge in [0.1, 0.15) is 0 Å². The van der Waals surface area contributed by atoms with Crippen molar-refractivity contribution in [3.8, 4) is 0 Å². The Morgan fingerprint density at radius 3 is 2.80 bits per heavy atom. The molecule has 1 heterocycles. The van der Waals surface area contributed by atoms with Crippen molar-refractivity contribution in [3.63, 3.8) is 0 Å². The van der Waals surface area contributed by atoms with Gasteiger partial charge in [-0.3, -0.25) is 4.68 Å². The monoisotopic (exact) mass is 210 g/mol. The van der Waals surface area contributed by atoms with Crippen molar-refractivity contribution in [2.75, 3.05) is 27.2 Å². The molecule has 0 bridgehead atoms. The van der Waals surface area contributed by atoms with Gasteiger partial charge in [0.2, 0.25) is 0 Å². The third-order valence-corrected chi connectivity index (χ3v) is 2.44. The Morgan fingerprint density at radius 1 is 1.40 bits per heavy atom. The fraction of sp³-hybridized carbons (Fsp3) is 0.727. The Kier molecular flexibility index (Phi) is 5.36. The molecule has 0 saturated heterocycles. The second-order valence-corrected chi connectivity index (χ2v) is 4.13. The van der Waals surface area contributed by atoms with Crippen LogP contribution in [0.1, 0.15) is 18.5 Å². The maximum absolute atomic E-state index is 4.12. The van der Waals surface area contributed by atoms with Gasteiger partial charge in [0.05, 0.1) is 5.69 Å². The van der Waals surface area contributed by atoms with E-state index in [9.17, 15) is 0 Å². The van der Waals surface area contributed by atoms with Gasteiger partial charge in [-0.2, -0.15) is 5.10 Å². The fourth-order valence-electron chi connectivity index (χ4n) is 1.47. The highest BCUT2D eigenvalue weighted by Crippen LogP contribution is 1.95. The minimum Gasteiger partial charge on any atom is -0.311 e. The third kappa shape index (κ3) is 4.95. The molecule has 0 unspecified atom stereocenters. The highest BCUT2D eigenvalue weighted by molar-refractivity contribution is 4.98. The number of aryl methyl sites for hydroxylation is 1. The van der Waals surface area contributed by atoms with Crippen molar-refractivity contribution >= 4 is 0 Å². The first-order chi connectivity index (χ1) is 7.20. The summed E-state index contributed by atoms with van der Waals surface area (Å²) in [6.45, 7) is 3.17. The molecular formula is C11H22N4. The molecule has 1 N–H and O–H groups in total. The van der Waals surface area contributed by atoms with Crippen LogP contribution >= 0.6 is 0 Å². The van der Waals surface area contributed by atoms with E-state index in [1.807, 2.05) is 24.0 Å². The molecule has 0 aliphatic rings. The lowest BCUT2D eigenvalue weighted by atomic mass is 10.3. The molecule has 0 aromatic carbocycles. The Balaban J connectivity index is 2.00. The van der Waals surface area contributed by atoms with E-state index in [0.29, 0.717) is 0 Å². The summed E-state index contributed by atoms with van der Waals surface area (Å²) >= 11 is 0. The van der Waals surface area contributed by atoms with Gasteiger partial charge in [-0.1, -0.05) is 0 Å². The van der Waals surface area contributed by atoms with Crippen LogP contribution in [0.3, 0.4) is 0 Å². The highest BCUT2D eigenvalue weighted by Gasteiger charge is 1.97. The average molecular weight is 210 g/mol. The zero-order valence-corrected chi connectivity index (χ0v) is 10.0. The molecule has 0 amide bonds. The Bertz CT molecular complexity index is 267. The fourth-order valence-corrected chi connectivity index (χ4v) is 1.47. The van der Waals surface area contributed by atoms with E-state index in [0.717, 1.165) is 13.1 Å². The predicted molar refractivity (Wildman–Crippen MR) is 62.7 cm³/mol. The van der Waals surface area contributed by atoms with E-state index in [2.05, 4.69) is 29.4 Å². The lowest BCUT2D eigenvalue weighted by Gasteiger charge is -2.09. The largest absolute Gasteiger partial charge is 0.311 e. The first kappa shape index (κ1) is 12.2. The zero-order chi connectivity index (χ0) is 11.1. The van der Waals surface area contributed by atoms with E-state index in [4.69, 9.17) is 0 Å². The van der Waals surface area contributed by atoms with Gasteiger partial charge in [0.15, 0.2) is 0 Å². The standard InChI is InChI=1S/C11H22N4/c1-14(2)9-5-4-7-12-10-11-6-8-13-15(11)3/h6,8,12H,4-5,7,9-10H2,1-3H3. The van der Waals surface area contributed by atoms with Crippen LogP contribution in [0.25, 0.3) is 0 Å². The predicted octanol–water partition coefficient (Wildman–Crippen LogP) is 0.851. The van der Waals surface area contributed by atoms with Crippen molar-refractivity contribution in [2.24, 2.45) is 7.05 Å². The minimum atomic E-state index is 0.915. The topological polar surface area (TPSA) is 33.1 Å². The molecule has 1 aromatic heterocycles. The molecule has 4 nitrogen and oxygen atoms in total. The summed E-state index contributed by atoms with van der Waals surface area (Å²) in [7, 11) is 6.20. The number of unbranched alkanes of at least 4 members (excludes halogenated alkanes) is 1. The normalized spacial score (nSPS) is 11.2. The highest BCUT2D eigenvalue weighted by atomic mass is 15.3. The summed E-state index contributed by atoms with van der Waals surface area (Å²) < 4.78 is 1.91. The second kappa shape index (κ2) is 6.58. The summed E-state index contributed by atoms with van der Waals surface area (Å²) in [5.41, 5.74) is 1.24. The molecule has 0 saturated carbocycles. The van der Waals surface area contributed by atoms with Gasteiger partial charge in [0, 0.05) is 19.8 Å². The first-order valence-corrected chi connectivity index (χ1v) is 5.52. The number of hydrogen-bond donors (Lipinski definition) is 1. The Hall–Kier alpha value is -0.870. The first-order valence-electron chi connectivity index (χ1n) is 5.52. The van der Waals surface area contributed by atoms with Crippen LogP contribution in [0.5, 0.6) is 0 Å². The van der Waals surface area contributed by atoms with E-state index in [1.54, 1.807) is 0 Å². The molecule has 0 fully saturated rings. The van der Waals surface area contributed by atoms with Crippen molar-refractivity contribution in [1.82, 2.24) is 20.0 Å².